The Hall–Kier alpha value is -1.95. The van der Waals surface area contributed by atoms with E-state index in [4.69, 9.17) is 5.11 Å². The van der Waals surface area contributed by atoms with E-state index in [0.717, 1.165) is 16.5 Å². The molecule has 0 radical (unpaired) electrons. The lowest BCUT2D eigenvalue weighted by atomic mass is 10.2. The summed E-state index contributed by atoms with van der Waals surface area (Å²) in [4.78, 5) is 18.7. The number of nitrogens with one attached hydrogen (secondary N) is 1. The molecule has 0 amide bonds. The van der Waals surface area contributed by atoms with Gasteiger partial charge in [-0.25, -0.2) is 4.98 Å². The molecule has 0 fully saturated rings. The highest BCUT2D eigenvalue weighted by molar-refractivity contribution is 7.13. The highest BCUT2D eigenvalue weighted by Gasteiger charge is 2.04. The van der Waals surface area contributed by atoms with Crippen LogP contribution in [0.5, 0.6) is 0 Å². The summed E-state index contributed by atoms with van der Waals surface area (Å²) in [6.45, 7) is 0. The minimum Gasteiger partial charge on any atom is -0.481 e. The van der Waals surface area contributed by atoms with Crippen molar-refractivity contribution in [1.82, 2.24) is 9.97 Å². The molecule has 0 aromatic carbocycles. The summed E-state index contributed by atoms with van der Waals surface area (Å²) in [6.07, 6.45) is 3.97. The lowest BCUT2D eigenvalue weighted by Crippen LogP contribution is -1.98. The van der Waals surface area contributed by atoms with E-state index in [1.807, 2.05) is 17.5 Å². The second-order valence-corrected chi connectivity index (χ2v) is 4.26. The van der Waals surface area contributed by atoms with Gasteiger partial charge < -0.3 is 10.4 Å². The van der Waals surface area contributed by atoms with Crippen molar-refractivity contribution in [1.29, 1.82) is 0 Å². The summed E-state index contributed by atoms with van der Waals surface area (Å²) in [5.74, 6) is -0.806. The number of carboxylic acid groups (broad SMARTS) is 1. The maximum absolute atomic E-state index is 10.4. The van der Waals surface area contributed by atoms with E-state index in [2.05, 4.69) is 15.3 Å². The van der Waals surface area contributed by atoms with Gasteiger partial charge in [0.15, 0.2) is 5.13 Å². The van der Waals surface area contributed by atoms with Crippen LogP contribution in [0.3, 0.4) is 0 Å². The Bertz CT molecular complexity index is 498. The zero-order chi connectivity index (χ0) is 12.1. The summed E-state index contributed by atoms with van der Waals surface area (Å²) in [5.41, 5.74) is 1.66. The second-order valence-electron chi connectivity index (χ2n) is 3.40. The van der Waals surface area contributed by atoms with Gasteiger partial charge in [-0.1, -0.05) is 0 Å². The van der Waals surface area contributed by atoms with Crippen molar-refractivity contribution >= 4 is 28.1 Å². The lowest BCUT2D eigenvalue weighted by molar-refractivity contribution is -0.136. The van der Waals surface area contributed by atoms with Crippen LogP contribution in [-0.2, 0) is 11.2 Å². The molecule has 0 aliphatic rings. The largest absolute Gasteiger partial charge is 0.481 e. The summed E-state index contributed by atoms with van der Waals surface area (Å²) in [7, 11) is 0. The zero-order valence-electron chi connectivity index (χ0n) is 8.96. The molecule has 5 nitrogen and oxygen atoms in total. The Kier molecular flexibility index (Phi) is 3.66. The maximum atomic E-state index is 10.4. The fourth-order valence-electron chi connectivity index (χ4n) is 1.27. The van der Waals surface area contributed by atoms with Crippen LogP contribution in [0.2, 0.25) is 0 Å². The smallest absolute Gasteiger partial charge is 0.303 e. The molecule has 2 heterocycles. The SMILES string of the molecule is O=C(O)CCc1csc(Nc2cccnc2)n1. The number of hydrogen-bond donors (Lipinski definition) is 2. The first-order chi connectivity index (χ1) is 8.24. The number of aryl methyl sites for hydroxylation is 1. The van der Waals surface area contributed by atoms with Gasteiger partial charge in [-0.05, 0) is 12.1 Å². The van der Waals surface area contributed by atoms with Gasteiger partial charge in [-0.2, -0.15) is 0 Å². The molecule has 2 N–H and O–H groups in total. The normalized spacial score (nSPS) is 10.1. The highest BCUT2D eigenvalue weighted by Crippen LogP contribution is 2.20. The minimum atomic E-state index is -0.806. The number of nitrogens with zero attached hydrogens (tertiary/aromatic N) is 2. The van der Waals surface area contributed by atoms with Gasteiger partial charge in [0.25, 0.3) is 0 Å². The maximum Gasteiger partial charge on any atom is 0.303 e. The molecular formula is C11H11N3O2S. The van der Waals surface area contributed by atoms with Gasteiger partial charge >= 0.3 is 5.97 Å². The van der Waals surface area contributed by atoms with Crippen LogP contribution in [0.15, 0.2) is 29.9 Å². The van der Waals surface area contributed by atoms with Gasteiger partial charge in [0.1, 0.15) is 0 Å². The summed E-state index contributed by atoms with van der Waals surface area (Å²) < 4.78 is 0. The first kappa shape index (κ1) is 11.5. The Morgan fingerprint density at radius 2 is 2.41 bits per heavy atom. The molecule has 2 rings (SSSR count). The number of pyridine rings is 1. The van der Waals surface area contributed by atoms with Crippen LogP contribution < -0.4 is 5.32 Å². The zero-order valence-corrected chi connectivity index (χ0v) is 9.78. The number of rotatable bonds is 5. The van der Waals surface area contributed by atoms with E-state index >= 15 is 0 Å². The average molecular weight is 249 g/mol. The lowest BCUT2D eigenvalue weighted by Gasteiger charge is -1.99. The van der Waals surface area contributed by atoms with Crippen molar-refractivity contribution in [3.63, 3.8) is 0 Å². The standard InChI is InChI=1S/C11H11N3O2S/c15-10(16)4-3-9-7-17-11(14-9)13-8-2-1-5-12-6-8/h1-2,5-7H,3-4H2,(H,13,14)(H,15,16). The third-order valence-corrected chi connectivity index (χ3v) is 2.87. The Labute approximate surface area is 102 Å². The number of thiazole rings is 1. The molecule has 0 saturated carbocycles. The van der Waals surface area contributed by atoms with E-state index in [-0.39, 0.29) is 6.42 Å². The number of carbonyl (C=O) groups is 1. The summed E-state index contributed by atoms with van der Waals surface area (Å²) in [5, 5.41) is 14.3. The van der Waals surface area contributed by atoms with Gasteiger partial charge in [0.05, 0.1) is 24.0 Å². The van der Waals surface area contributed by atoms with Gasteiger partial charge in [-0.15, -0.1) is 11.3 Å². The second kappa shape index (κ2) is 5.40. The van der Waals surface area contributed by atoms with Gasteiger partial charge in [0, 0.05) is 18.0 Å². The Morgan fingerprint density at radius 1 is 1.53 bits per heavy atom. The number of anilines is 2. The highest BCUT2D eigenvalue weighted by atomic mass is 32.1. The molecule has 0 aliphatic carbocycles. The molecule has 17 heavy (non-hydrogen) atoms. The number of carboxylic acids is 1. The van der Waals surface area contributed by atoms with Crippen molar-refractivity contribution in [3.05, 3.63) is 35.6 Å². The quantitative estimate of drug-likeness (QED) is 0.850. The molecule has 0 atom stereocenters. The first-order valence-corrected chi connectivity index (χ1v) is 5.95. The van der Waals surface area contributed by atoms with Crippen molar-refractivity contribution in [2.75, 3.05) is 5.32 Å². The molecule has 2 aromatic rings. The van der Waals surface area contributed by atoms with E-state index in [9.17, 15) is 4.79 Å². The third kappa shape index (κ3) is 3.53. The average Bonchev–Trinajstić information content (AvgIpc) is 2.75. The van der Waals surface area contributed by atoms with Crippen LogP contribution in [0, 0.1) is 0 Å². The van der Waals surface area contributed by atoms with Crippen LogP contribution in [0.4, 0.5) is 10.8 Å². The van der Waals surface area contributed by atoms with Crippen molar-refractivity contribution in [2.24, 2.45) is 0 Å². The molecule has 88 valence electrons. The number of aliphatic carboxylic acids is 1. The van der Waals surface area contributed by atoms with Gasteiger partial charge in [-0.3, -0.25) is 9.78 Å². The van der Waals surface area contributed by atoms with Crippen LogP contribution in [-0.4, -0.2) is 21.0 Å². The van der Waals surface area contributed by atoms with Crippen LogP contribution in [0.1, 0.15) is 12.1 Å². The molecule has 0 saturated heterocycles. The predicted octanol–water partition coefficient (Wildman–Crippen LogP) is 2.30. The van der Waals surface area contributed by atoms with E-state index < -0.39 is 5.97 Å². The van der Waals surface area contributed by atoms with Gasteiger partial charge in [0.2, 0.25) is 0 Å². The number of aromatic nitrogens is 2. The fourth-order valence-corrected chi connectivity index (χ4v) is 2.04. The summed E-state index contributed by atoms with van der Waals surface area (Å²) >= 11 is 1.45. The number of hydrogen-bond acceptors (Lipinski definition) is 5. The molecule has 0 unspecified atom stereocenters. The van der Waals surface area contributed by atoms with Crippen molar-refractivity contribution in [3.8, 4) is 0 Å². The molecular weight excluding hydrogens is 238 g/mol. The Morgan fingerprint density at radius 3 is 3.12 bits per heavy atom. The van der Waals surface area contributed by atoms with E-state index in [0.29, 0.717) is 6.42 Å². The molecule has 6 heteroatoms. The van der Waals surface area contributed by atoms with Crippen LogP contribution >= 0.6 is 11.3 Å². The van der Waals surface area contributed by atoms with E-state index in [1.165, 1.54) is 11.3 Å². The molecule has 0 aliphatic heterocycles. The first-order valence-electron chi connectivity index (χ1n) is 5.07. The molecule has 0 spiro atoms. The van der Waals surface area contributed by atoms with Crippen molar-refractivity contribution < 1.29 is 9.90 Å². The Balaban J connectivity index is 1.97. The topological polar surface area (TPSA) is 75.1 Å². The fraction of sp³-hybridized carbons (Fsp3) is 0.182. The third-order valence-electron chi connectivity index (χ3n) is 2.06. The van der Waals surface area contributed by atoms with Crippen molar-refractivity contribution in [2.45, 2.75) is 12.8 Å². The van der Waals surface area contributed by atoms with E-state index in [1.54, 1.807) is 12.4 Å². The monoisotopic (exact) mass is 249 g/mol. The predicted molar refractivity (Wildman–Crippen MR) is 65.6 cm³/mol. The minimum absolute atomic E-state index is 0.107. The molecule has 2 aromatic heterocycles. The molecule has 0 bridgehead atoms. The summed E-state index contributed by atoms with van der Waals surface area (Å²) in [6, 6.07) is 3.73. The van der Waals surface area contributed by atoms with Crippen LogP contribution in [0.25, 0.3) is 0 Å².